The van der Waals surface area contributed by atoms with Gasteiger partial charge in [0, 0.05) is 22.8 Å². The average molecular weight is 412 g/mol. The van der Waals surface area contributed by atoms with E-state index in [0.717, 1.165) is 11.4 Å². The summed E-state index contributed by atoms with van der Waals surface area (Å²) >= 11 is 7.27. The molecule has 1 amide bonds. The summed E-state index contributed by atoms with van der Waals surface area (Å²) in [7, 11) is 0. The molecule has 0 radical (unpaired) electrons. The maximum atomic E-state index is 12.7. The van der Waals surface area contributed by atoms with Crippen molar-refractivity contribution in [1.82, 2.24) is 14.8 Å². The minimum absolute atomic E-state index is 0.0000996. The van der Waals surface area contributed by atoms with E-state index in [1.807, 2.05) is 72.2 Å². The molecule has 1 heterocycles. The van der Waals surface area contributed by atoms with Gasteiger partial charge in [-0.25, -0.2) is 0 Å². The number of anilines is 1. The fraction of sp³-hybridized carbons (Fsp3) is 0.200. The summed E-state index contributed by atoms with van der Waals surface area (Å²) in [5.41, 5.74) is 1.61. The summed E-state index contributed by atoms with van der Waals surface area (Å²) in [6, 6.07) is 18.6. The van der Waals surface area contributed by atoms with Gasteiger partial charge in [0.2, 0.25) is 5.91 Å². The van der Waals surface area contributed by atoms with E-state index < -0.39 is 0 Å². The van der Waals surface area contributed by atoms with Gasteiger partial charge in [0.25, 0.3) is 0 Å². The van der Waals surface area contributed by atoms with Crippen molar-refractivity contribution in [3.63, 3.8) is 0 Å². The number of aromatic nitrogens is 3. The van der Waals surface area contributed by atoms with Crippen molar-refractivity contribution in [2.75, 3.05) is 17.2 Å². The Morgan fingerprint density at radius 3 is 2.54 bits per heavy atom. The van der Waals surface area contributed by atoms with Crippen LogP contribution in [0.4, 0.5) is 5.69 Å². The predicted molar refractivity (Wildman–Crippen MR) is 111 cm³/mol. The zero-order valence-electron chi connectivity index (χ0n) is 15.2. The molecule has 0 saturated carbocycles. The number of thioether (sulfide) groups is 1. The van der Waals surface area contributed by atoms with Crippen LogP contribution >= 0.6 is 23.4 Å². The van der Waals surface area contributed by atoms with Crippen LogP contribution in [0, 0.1) is 11.3 Å². The Morgan fingerprint density at radius 2 is 1.89 bits per heavy atom. The van der Waals surface area contributed by atoms with Gasteiger partial charge in [-0.1, -0.05) is 41.6 Å². The summed E-state index contributed by atoms with van der Waals surface area (Å²) < 4.78 is 1.96. The molecule has 0 aliphatic carbocycles. The minimum Gasteiger partial charge on any atom is -0.302 e. The molecule has 1 aromatic heterocycles. The van der Waals surface area contributed by atoms with Gasteiger partial charge >= 0.3 is 0 Å². The average Bonchev–Trinajstić information content (AvgIpc) is 3.14. The quantitative estimate of drug-likeness (QED) is 0.428. The van der Waals surface area contributed by atoms with Crippen LogP contribution in [0.5, 0.6) is 0 Å². The van der Waals surface area contributed by atoms with Crippen molar-refractivity contribution in [3.8, 4) is 17.5 Å². The summed E-state index contributed by atoms with van der Waals surface area (Å²) in [5.74, 6) is 0.734. The van der Waals surface area contributed by atoms with Crippen LogP contribution in [-0.2, 0) is 11.3 Å². The van der Waals surface area contributed by atoms with Gasteiger partial charge in [-0.2, -0.15) is 5.26 Å². The second-order valence-corrected chi connectivity index (χ2v) is 7.20. The van der Waals surface area contributed by atoms with Crippen LogP contribution in [0.15, 0.2) is 59.8 Å². The van der Waals surface area contributed by atoms with Gasteiger partial charge in [0.05, 0.1) is 11.8 Å². The first-order chi connectivity index (χ1) is 13.6. The number of nitriles is 1. The Kier molecular flexibility index (Phi) is 6.69. The molecule has 0 atom stereocenters. The number of halogens is 1. The highest BCUT2D eigenvalue weighted by molar-refractivity contribution is 7.99. The highest BCUT2D eigenvalue weighted by Gasteiger charge is 2.19. The molecule has 0 unspecified atom stereocenters. The van der Waals surface area contributed by atoms with Gasteiger partial charge in [-0.05, 0) is 43.3 Å². The molecule has 0 aliphatic rings. The van der Waals surface area contributed by atoms with Crippen LogP contribution in [0.2, 0.25) is 5.02 Å². The minimum atomic E-state index is -0.156. The third-order valence-electron chi connectivity index (χ3n) is 4.06. The summed E-state index contributed by atoms with van der Waals surface area (Å²) in [5, 5.41) is 18.9. The highest BCUT2D eigenvalue weighted by Crippen LogP contribution is 2.26. The molecule has 3 aromatic rings. The lowest BCUT2D eigenvalue weighted by molar-refractivity contribution is -0.116. The SMILES string of the molecule is CCn1c(SCC(=O)N(CC#N)c2ccccc2)nnc1-c1ccc(Cl)cc1. The number of para-hydroxylation sites is 1. The number of benzene rings is 2. The molecule has 2 aromatic carbocycles. The van der Waals surface area contributed by atoms with E-state index in [4.69, 9.17) is 16.9 Å². The van der Waals surface area contributed by atoms with Gasteiger partial charge in [-0.15, -0.1) is 10.2 Å². The van der Waals surface area contributed by atoms with Crippen LogP contribution in [-0.4, -0.2) is 33.0 Å². The lowest BCUT2D eigenvalue weighted by Gasteiger charge is -2.19. The molecule has 142 valence electrons. The standard InChI is InChI=1S/C20H18ClN5OS/c1-2-25-19(15-8-10-16(21)11-9-15)23-24-20(25)28-14-18(27)26(13-12-22)17-6-4-3-5-7-17/h3-11H,2,13-14H2,1H3. The smallest absolute Gasteiger partial charge is 0.238 e. The largest absolute Gasteiger partial charge is 0.302 e. The van der Waals surface area contributed by atoms with Crippen molar-refractivity contribution in [3.05, 3.63) is 59.6 Å². The van der Waals surface area contributed by atoms with Crippen LogP contribution in [0.1, 0.15) is 6.92 Å². The van der Waals surface area contributed by atoms with Gasteiger partial charge < -0.3 is 4.57 Å². The number of carbonyl (C=O) groups is 1. The molecule has 0 N–H and O–H groups in total. The Morgan fingerprint density at radius 1 is 1.18 bits per heavy atom. The maximum Gasteiger partial charge on any atom is 0.238 e. The first-order valence-electron chi connectivity index (χ1n) is 8.68. The summed E-state index contributed by atoms with van der Waals surface area (Å²) in [6.07, 6.45) is 0. The van der Waals surface area contributed by atoms with Crippen molar-refractivity contribution in [2.24, 2.45) is 0 Å². The lowest BCUT2D eigenvalue weighted by atomic mass is 10.2. The third kappa shape index (κ3) is 4.53. The van der Waals surface area contributed by atoms with Gasteiger partial charge in [-0.3, -0.25) is 9.69 Å². The number of carbonyl (C=O) groups excluding carboxylic acids is 1. The van der Waals surface area contributed by atoms with E-state index in [2.05, 4.69) is 10.2 Å². The Balaban J connectivity index is 1.76. The summed E-state index contributed by atoms with van der Waals surface area (Å²) in [6.45, 7) is 2.67. The van der Waals surface area contributed by atoms with E-state index in [9.17, 15) is 4.79 Å². The molecule has 3 rings (SSSR count). The van der Waals surface area contributed by atoms with Crippen molar-refractivity contribution >= 4 is 35.0 Å². The lowest BCUT2D eigenvalue weighted by Crippen LogP contribution is -2.32. The number of nitrogens with zero attached hydrogens (tertiary/aromatic N) is 5. The Bertz CT molecular complexity index is 982. The second kappa shape index (κ2) is 9.40. The molecule has 6 nitrogen and oxygen atoms in total. The van der Waals surface area contributed by atoms with E-state index in [0.29, 0.717) is 22.4 Å². The molecular weight excluding hydrogens is 394 g/mol. The molecule has 0 fully saturated rings. The molecule has 0 saturated heterocycles. The van der Waals surface area contributed by atoms with Crippen LogP contribution in [0.25, 0.3) is 11.4 Å². The van der Waals surface area contributed by atoms with Gasteiger partial charge in [0.15, 0.2) is 11.0 Å². The number of amides is 1. The van der Waals surface area contributed by atoms with Crippen LogP contribution < -0.4 is 4.90 Å². The fourth-order valence-electron chi connectivity index (χ4n) is 2.70. The Labute approximate surface area is 172 Å². The zero-order chi connectivity index (χ0) is 19.9. The maximum absolute atomic E-state index is 12.7. The molecule has 8 heteroatoms. The van der Waals surface area contributed by atoms with Gasteiger partial charge in [0.1, 0.15) is 6.54 Å². The number of hydrogen-bond donors (Lipinski definition) is 0. The van der Waals surface area contributed by atoms with E-state index >= 15 is 0 Å². The monoisotopic (exact) mass is 411 g/mol. The highest BCUT2D eigenvalue weighted by atomic mass is 35.5. The summed E-state index contributed by atoms with van der Waals surface area (Å²) in [4.78, 5) is 14.2. The van der Waals surface area contributed by atoms with Crippen molar-refractivity contribution in [1.29, 1.82) is 5.26 Å². The predicted octanol–water partition coefficient (Wildman–Crippen LogP) is 4.27. The molecule has 0 aliphatic heterocycles. The second-order valence-electron chi connectivity index (χ2n) is 5.82. The van der Waals surface area contributed by atoms with E-state index in [1.54, 1.807) is 0 Å². The number of hydrogen-bond acceptors (Lipinski definition) is 5. The molecule has 0 spiro atoms. The first kappa shape index (κ1) is 19.9. The Hall–Kier alpha value is -2.82. The zero-order valence-corrected chi connectivity index (χ0v) is 16.8. The normalized spacial score (nSPS) is 10.5. The topological polar surface area (TPSA) is 74.8 Å². The fourth-order valence-corrected chi connectivity index (χ4v) is 3.70. The molecule has 28 heavy (non-hydrogen) atoms. The molecular formula is C20H18ClN5OS. The third-order valence-corrected chi connectivity index (χ3v) is 5.26. The molecule has 0 bridgehead atoms. The van der Waals surface area contributed by atoms with Crippen molar-refractivity contribution in [2.45, 2.75) is 18.6 Å². The first-order valence-corrected chi connectivity index (χ1v) is 10.0. The van der Waals surface area contributed by atoms with Crippen LogP contribution in [0.3, 0.4) is 0 Å². The van der Waals surface area contributed by atoms with E-state index in [1.165, 1.54) is 16.7 Å². The van der Waals surface area contributed by atoms with Crippen molar-refractivity contribution < 1.29 is 4.79 Å². The van der Waals surface area contributed by atoms with E-state index in [-0.39, 0.29) is 18.2 Å². The number of rotatable bonds is 7.